The van der Waals surface area contributed by atoms with Gasteiger partial charge in [0.2, 0.25) is 0 Å². The molecule has 0 aliphatic carbocycles. The van der Waals surface area contributed by atoms with E-state index in [1.807, 2.05) is 0 Å². The SMILES string of the molecule is COC(=O)[C@](O)(c1c[nH]c2ccc(Cl)cc12)C(F)(F)F. The topological polar surface area (TPSA) is 62.3 Å². The van der Waals surface area contributed by atoms with Crippen molar-refractivity contribution in [2.45, 2.75) is 11.8 Å². The number of aromatic nitrogens is 1. The number of methoxy groups -OCH3 is 1. The fourth-order valence-electron chi connectivity index (χ4n) is 1.92. The number of halogens is 4. The van der Waals surface area contributed by atoms with Gasteiger partial charge in [0.1, 0.15) is 0 Å². The predicted octanol–water partition coefficient (Wildman–Crippen LogP) is 2.74. The maximum atomic E-state index is 13.1. The lowest BCUT2D eigenvalue weighted by Gasteiger charge is -2.27. The van der Waals surface area contributed by atoms with Crippen LogP contribution in [0.1, 0.15) is 5.56 Å². The highest BCUT2D eigenvalue weighted by molar-refractivity contribution is 6.31. The maximum Gasteiger partial charge on any atom is 0.432 e. The van der Waals surface area contributed by atoms with Crippen molar-refractivity contribution in [1.82, 2.24) is 4.98 Å². The van der Waals surface area contributed by atoms with Crippen LogP contribution < -0.4 is 0 Å². The molecule has 0 saturated carbocycles. The van der Waals surface area contributed by atoms with Gasteiger partial charge in [-0.2, -0.15) is 13.2 Å². The molecule has 0 amide bonds. The molecule has 0 bridgehead atoms. The Balaban J connectivity index is 2.76. The molecule has 0 aliphatic heterocycles. The average molecular weight is 308 g/mol. The van der Waals surface area contributed by atoms with Crippen molar-refractivity contribution in [3.05, 3.63) is 35.0 Å². The van der Waals surface area contributed by atoms with E-state index in [1.165, 1.54) is 18.2 Å². The summed E-state index contributed by atoms with van der Waals surface area (Å²) >= 11 is 5.73. The van der Waals surface area contributed by atoms with E-state index < -0.39 is 23.3 Å². The van der Waals surface area contributed by atoms with Crippen LogP contribution in [0.4, 0.5) is 13.2 Å². The van der Waals surface area contributed by atoms with Crippen LogP contribution in [0.3, 0.4) is 0 Å². The van der Waals surface area contributed by atoms with Gasteiger partial charge >= 0.3 is 12.1 Å². The molecule has 20 heavy (non-hydrogen) atoms. The van der Waals surface area contributed by atoms with Gasteiger partial charge in [0.05, 0.1) is 7.11 Å². The van der Waals surface area contributed by atoms with E-state index in [2.05, 4.69) is 9.72 Å². The van der Waals surface area contributed by atoms with Crippen molar-refractivity contribution in [3.8, 4) is 0 Å². The van der Waals surface area contributed by atoms with Gasteiger partial charge in [-0.3, -0.25) is 0 Å². The summed E-state index contributed by atoms with van der Waals surface area (Å²) < 4.78 is 43.5. The van der Waals surface area contributed by atoms with Crippen molar-refractivity contribution in [2.24, 2.45) is 0 Å². The summed E-state index contributed by atoms with van der Waals surface area (Å²) in [5.74, 6) is -1.81. The minimum absolute atomic E-state index is 0.0114. The number of ether oxygens (including phenoxy) is 1. The number of carbonyl (C=O) groups is 1. The highest BCUT2D eigenvalue weighted by Crippen LogP contribution is 2.43. The first kappa shape index (κ1) is 14.7. The number of esters is 1. The quantitative estimate of drug-likeness (QED) is 0.839. The van der Waals surface area contributed by atoms with Gasteiger partial charge in [0, 0.05) is 27.7 Å². The number of aliphatic hydroxyl groups is 1. The molecule has 1 heterocycles. The molecule has 0 fully saturated rings. The molecule has 4 nitrogen and oxygen atoms in total. The lowest BCUT2D eigenvalue weighted by Crippen LogP contribution is -2.49. The average Bonchev–Trinajstić information content (AvgIpc) is 2.78. The molecule has 108 valence electrons. The minimum atomic E-state index is -5.24. The summed E-state index contributed by atoms with van der Waals surface area (Å²) in [7, 11) is 0.765. The molecule has 2 aromatic rings. The number of H-pyrrole nitrogens is 1. The zero-order valence-electron chi connectivity index (χ0n) is 10.1. The van der Waals surface area contributed by atoms with Gasteiger partial charge in [-0.1, -0.05) is 11.6 Å². The third kappa shape index (κ3) is 2.03. The maximum absolute atomic E-state index is 13.1. The Hall–Kier alpha value is -1.73. The minimum Gasteiger partial charge on any atom is -0.466 e. The molecule has 0 spiro atoms. The molecule has 1 aromatic carbocycles. The summed E-state index contributed by atoms with van der Waals surface area (Å²) in [5, 5.41) is 10.1. The lowest BCUT2D eigenvalue weighted by molar-refractivity contribution is -0.266. The largest absolute Gasteiger partial charge is 0.466 e. The number of hydrogen-bond donors (Lipinski definition) is 2. The number of alkyl halides is 3. The van der Waals surface area contributed by atoms with Crippen LogP contribution in [0.2, 0.25) is 5.02 Å². The Labute approximate surface area is 116 Å². The molecule has 2 rings (SSSR count). The van der Waals surface area contributed by atoms with Crippen LogP contribution >= 0.6 is 11.6 Å². The molecule has 0 radical (unpaired) electrons. The Morgan fingerprint density at radius 2 is 2.05 bits per heavy atom. The number of fused-ring (bicyclic) bond motifs is 1. The number of carbonyl (C=O) groups excluding carboxylic acids is 1. The van der Waals surface area contributed by atoms with Gasteiger partial charge in [0.15, 0.2) is 0 Å². The fraction of sp³-hybridized carbons (Fsp3) is 0.250. The molecule has 8 heteroatoms. The van der Waals surface area contributed by atoms with E-state index in [0.717, 1.165) is 13.3 Å². The van der Waals surface area contributed by atoms with Crippen molar-refractivity contribution >= 4 is 28.5 Å². The molecule has 1 aromatic heterocycles. The van der Waals surface area contributed by atoms with Gasteiger partial charge < -0.3 is 14.8 Å². The number of nitrogens with one attached hydrogen (secondary N) is 1. The van der Waals surface area contributed by atoms with Crippen molar-refractivity contribution in [3.63, 3.8) is 0 Å². The normalized spacial score (nSPS) is 15.1. The number of rotatable bonds is 2. The molecular weight excluding hydrogens is 299 g/mol. The van der Waals surface area contributed by atoms with E-state index in [9.17, 15) is 23.1 Å². The summed E-state index contributed by atoms with van der Waals surface area (Å²) in [4.78, 5) is 14.0. The number of benzene rings is 1. The Kier molecular flexibility index (Phi) is 3.43. The molecule has 0 unspecified atom stereocenters. The van der Waals surface area contributed by atoms with Gasteiger partial charge in [-0.25, -0.2) is 4.79 Å². The monoisotopic (exact) mass is 307 g/mol. The van der Waals surface area contributed by atoms with E-state index in [0.29, 0.717) is 5.52 Å². The highest BCUT2D eigenvalue weighted by Gasteiger charge is 2.62. The number of aromatic amines is 1. The van der Waals surface area contributed by atoms with Crippen LogP contribution in [-0.2, 0) is 15.1 Å². The second kappa shape index (κ2) is 4.68. The van der Waals surface area contributed by atoms with Crippen LogP contribution in [-0.4, -0.2) is 29.3 Å². The zero-order valence-corrected chi connectivity index (χ0v) is 10.8. The third-order valence-corrected chi connectivity index (χ3v) is 3.16. The van der Waals surface area contributed by atoms with E-state index in [1.54, 1.807) is 0 Å². The predicted molar refractivity (Wildman–Crippen MR) is 65.3 cm³/mol. The molecule has 0 aliphatic rings. The molecular formula is C12H9ClF3NO3. The Morgan fingerprint density at radius 3 is 2.60 bits per heavy atom. The number of hydrogen-bond acceptors (Lipinski definition) is 3. The highest BCUT2D eigenvalue weighted by atomic mass is 35.5. The van der Waals surface area contributed by atoms with Crippen LogP contribution in [0.25, 0.3) is 10.9 Å². The fourth-order valence-corrected chi connectivity index (χ4v) is 2.09. The molecule has 0 saturated heterocycles. The first-order valence-corrected chi connectivity index (χ1v) is 5.74. The summed E-state index contributed by atoms with van der Waals surface area (Å²) in [6.45, 7) is 0. The van der Waals surface area contributed by atoms with Gasteiger partial charge in [-0.15, -0.1) is 0 Å². The van der Waals surface area contributed by atoms with Crippen molar-refractivity contribution < 1.29 is 27.8 Å². The van der Waals surface area contributed by atoms with Crippen LogP contribution in [0.5, 0.6) is 0 Å². The van der Waals surface area contributed by atoms with Crippen molar-refractivity contribution in [1.29, 1.82) is 0 Å². The first-order chi connectivity index (χ1) is 9.21. The zero-order chi connectivity index (χ0) is 15.1. The van der Waals surface area contributed by atoms with Gasteiger partial charge in [-0.05, 0) is 18.2 Å². The van der Waals surface area contributed by atoms with Crippen molar-refractivity contribution in [2.75, 3.05) is 7.11 Å². The van der Waals surface area contributed by atoms with E-state index in [4.69, 9.17) is 11.6 Å². The molecule has 1 atom stereocenters. The van der Waals surface area contributed by atoms with E-state index in [-0.39, 0.29) is 10.4 Å². The summed E-state index contributed by atoms with van der Waals surface area (Å²) in [6.07, 6.45) is -4.33. The summed E-state index contributed by atoms with van der Waals surface area (Å²) in [5.41, 5.74) is -4.12. The van der Waals surface area contributed by atoms with Crippen LogP contribution in [0, 0.1) is 0 Å². The Morgan fingerprint density at radius 1 is 1.40 bits per heavy atom. The molecule has 2 N–H and O–H groups in total. The smallest absolute Gasteiger partial charge is 0.432 e. The van der Waals surface area contributed by atoms with E-state index >= 15 is 0 Å². The van der Waals surface area contributed by atoms with Gasteiger partial charge in [0.25, 0.3) is 5.60 Å². The second-order valence-corrected chi connectivity index (χ2v) is 4.53. The first-order valence-electron chi connectivity index (χ1n) is 5.36. The Bertz CT molecular complexity index is 668. The third-order valence-electron chi connectivity index (χ3n) is 2.92. The standard InChI is InChI=1S/C12H9ClF3NO3/c1-20-10(18)11(19,12(14,15)16)8-5-17-9-3-2-6(13)4-7(8)9/h2-5,17,19H,1H3/t11-/m1/s1. The van der Waals surface area contributed by atoms with Crippen LogP contribution in [0.15, 0.2) is 24.4 Å². The summed E-state index contributed by atoms with van der Waals surface area (Å²) in [6, 6.07) is 4.13. The lowest BCUT2D eigenvalue weighted by atomic mass is 9.92. The second-order valence-electron chi connectivity index (χ2n) is 4.09.